The predicted molar refractivity (Wildman–Crippen MR) is 52.4 cm³/mol. The fourth-order valence-electron chi connectivity index (χ4n) is 1.51. The van der Waals surface area contributed by atoms with E-state index in [-0.39, 0.29) is 0 Å². The summed E-state index contributed by atoms with van der Waals surface area (Å²) in [6.07, 6.45) is 0.708. The molecule has 4 nitrogen and oxygen atoms in total. The van der Waals surface area contributed by atoms with E-state index in [4.69, 9.17) is 14.7 Å². The van der Waals surface area contributed by atoms with Gasteiger partial charge in [-0.2, -0.15) is 5.26 Å². The topological polar surface area (TPSA) is 62.5 Å². The first-order chi connectivity index (χ1) is 6.54. The molecule has 4 heteroatoms. The summed E-state index contributed by atoms with van der Waals surface area (Å²) in [7, 11) is 2.89. The van der Waals surface area contributed by atoms with Crippen LogP contribution in [0, 0.1) is 17.2 Å². The molecule has 0 spiro atoms. The van der Waals surface area contributed by atoms with Crippen LogP contribution in [0.15, 0.2) is 0 Å². The van der Waals surface area contributed by atoms with Gasteiger partial charge in [0.2, 0.25) is 0 Å². The van der Waals surface area contributed by atoms with Crippen molar-refractivity contribution in [2.75, 3.05) is 14.2 Å². The lowest BCUT2D eigenvalue weighted by Gasteiger charge is -2.33. The maximum Gasteiger partial charge on any atom is 0.186 e. The molecule has 0 aliphatic carbocycles. The molecule has 0 rings (SSSR count). The fourth-order valence-corrected chi connectivity index (χ4v) is 1.51. The average molecular weight is 201 g/mol. The molecule has 0 amide bonds. The lowest BCUT2D eigenvalue weighted by molar-refractivity contribution is -0.221. The number of ether oxygens (including phenoxy) is 2. The average Bonchev–Trinajstić information content (AvgIpc) is 2.15. The molecular weight excluding hydrogens is 182 g/mol. The molecule has 0 aliphatic heterocycles. The van der Waals surface area contributed by atoms with Crippen molar-refractivity contribution in [2.45, 2.75) is 38.6 Å². The second-order valence-electron chi connectivity index (χ2n) is 3.50. The molecule has 0 saturated heterocycles. The van der Waals surface area contributed by atoms with Crippen LogP contribution in [0.4, 0.5) is 0 Å². The van der Waals surface area contributed by atoms with Gasteiger partial charge in [-0.25, -0.2) is 0 Å². The summed E-state index contributed by atoms with van der Waals surface area (Å²) in [4.78, 5) is 0. The largest absolute Gasteiger partial charge is 0.383 e. The molecule has 0 bridgehead atoms. The van der Waals surface area contributed by atoms with Gasteiger partial charge in [-0.15, -0.1) is 0 Å². The zero-order chi connectivity index (χ0) is 11.2. The number of hydrogen-bond acceptors (Lipinski definition) is 4. The van der Waals surface area contributed by atoms with Crippen LogP contribution < -0.4 is 0 Å². The van der Waals surface area contributed by atoms with E-state index in [0.29, 0.717) is 6.42 Å². The van der Waals surface area contributed by atoms with Crippen molar-refractivity contribution in [3.05, 3.63) is 0 Å². The van der Waals surface area contributed by atoms with Gasteiger partial charge >= 0.3 is 0 Å². The zero-order valence-electron chi connectivity index (χ0n) is 9.28. The quantitative estimate of drug-likeness (QED) is 0.658. The van der Waals surface area contributed by atoms with Crippen molar-refractivity contribution in [1.82, 2.24) is 0 Å². The van der Waals surface area contributed by atoms with Crippen LogP contribution in [0.5, 0.6) is 0 Å². The number of hydrogen-bond donors (Lipinski definition) is 1. The Morgan fingerprint density at radius 1 is 1.43 bits per heavy atom. The fraction of sp³-hybridized carbons (Fsp3) is 0.900. The van der Waals surface area contributed by atoms with Crippen LogP contribution in [-0.2, 0) is 9.47 Å². The van der Waals surface area contributed by atoms with Gasteiger partial charge in [-0.05, 0) is 13.3 Å². The van der Waals surface area contributed by atoms with Gasteiger partial charge < -0.3 is 14.6 Å². The van der Waals surface area contributed by atoms with Crippen LogP contribution in [0.1, 0.15) is 26.7 Å². The Morgan fingerprint density at radius 2 is 1.93 bits per heavy atom. The van der Waals surface area contributed by atoms with Crippen molar-refractivity contribution in [3.63, 3.8) is 0 Å². The SMILES string of the molecule is CCCC(C#N)C(C)(O)C(OC)OC. The third-order valence-corrected chi connectivity index (χ3v) is 2.34. The minimum atomic E-state index is -1.27. The maximum absolute atomic E-state index is 10.1. The summed E-state index contributed by atoms with van der Waals surface area (Å²) in [6.45, 7) is 3.53. The summed E-state index contributed by atoms with van der Waals surface area (Å²) in [5.41, 5.74) is -1.27. The number of nitriles is 1. The molecule has 0 saturated carbocycles. The molecule has 0 aromatic rings. The molecule has 0 aromatic carbocycles. The van der Waals surface area contributed by atoms with Gasteiger partial charge in [0.15, 0.2) is 6.29 Å². The molecule has 0 radical (unpaired) electrons. The van der Waals surface area contributed by atoms with Crippen LogP contribution >= 0.6 is 0 Å². The standard InChI is InChI=1S/C10H19NO3/c1-5-6-8(7-11)10(2,12)9(13-3)14-4/h8-9,12H,5-6H2,1-4H3. The normalized spacial score (nSPS) is 17.5. The molecule has 2 unspecified atom stereocenters. The number of aliphatic hydroxyl groups is 1. The first-order valence-corrected chi connectivity index (χ1v) is 4.72. The van der Waals surface area contributed by atoms with E-state index < -0.39 is 17.8 Å². The Kier molecular flexibility index (Phi) is 5.70. The smallest absolute Gasteiger partial charge is 0.186 e. The van der Waals surface area contributed by atoms with E-state index in [9.17, 15) is 5.11 Å². The van der Waals surface area contributed by atoms with Crippen molar-refractivity contribution < 1.29 is 14.6 Å². The third-order valence-electron chi connectivity index (χ3n) is 2.34. The van der Waals surface area contributed by atoms with E-state index in [2.05, 4.69) is 6.07 Å². The molecule has 0 heterocycles. The number of nitrogens with zero attached hydrogens (tertiary/aromatic N) is 1. The van der Waals surface area contributed by atoms with Gasteiger partial charge in [0.25, 0.3) is 0 Å². The molecule has 1 N–H and O–H groups in total. The van der Waals surface area contributed by atoms with Gasteiger partial charge in [0.1, 0.15) is 5.60 Å². The summed E-state index contributed by atoms with van der Waals surface area (Å²) in [5, 5.41) is 19.0. The van der Waals surface area contributed by atoms with E-state index in [1.54, 1.807) is 6.92 Å². The summed E-state index contributed by atoms with van der Waals surface area (Å²) in [6, 6.07) is 2.08. The number of methoxy groups -OCH3 is 2. The predicted octanol–water partition coefficient (Wildman–Crippen LogP) is 1.30. The van der Waals surface area contributed by atoms with Gasteiger partial charge in [0, 0.05) is 14.2 Å². The monoisotopic (exact) mass is 201 g/mol. The first kappa shape index (κ1) is 13.4. The van der Waals surface area contributed by atoms with E-state index in [0.717, 1.165) is 6.42 Å². The van der Waals surface area contributed by atoms with Gasteiger partial charge in [0.05, 0.1) is 12.0 Å². The Bertz CT molecular complexity index is 194. The van der Waals surface area contributed by atoms with Crippen molar-refractivity contribution >= 4 is 0 Å². The molecule has 0 fully saturated rings. The highest BCUT2D eigenvalue weighted by atomic mass is 16.7. The van der Waals surface area contributed by atoms with Crippen molar-refractivity contribution in [2.24, 2.45) is 5.92 Å². The van der Waals surface area contributed by atoms with Crippen molar-refractivity contribution in [1.29, 1.82) is 5.26 Å². The summed E-state index contributed by atoms with van der Waals surface area (Å²) in [5.74, 6) is -0.475. The highest BCUT2D eigenvalue weighted by Gasteiger charge is 2.40. The Hall–Kier alpha value is -0.630. The Labute approximate surface area is 85.4 Å². The lowest BCUT2D eigenvalue weighted by atomic mass is 9.86. The summed E-state index contributed by atoms with van der Waals surface area (Å²) >= 11 is 0. The Morgan fingerprint density at radius 3 is 2.21 bits per heavy atom. The Balaban J connectivity index is 4.62. The molecular formula is C10H19NO3. The lowest BCUT2D eigenvalue weighted by Crippen LogP contribution is -2.47. The second-order valence-corrected chi connectivity index (χ2v) is 3.50. The molecule has 2 atom stereocenters. The summed E-state index contributed by atoms with van der Waals surface area (Å²) < 4.78 is 9.94. The molecule has 0 aliphatic rings. The maximum atomic E-state index is 10.1. The second kappa shape index (κ2) is 5.97. The highest BCUT2D eigenvalue weighted by molar-refractivity contribution is 4.98. The van der Waals surface area contributed by atoms with Gasteiger partial charge in [-0.1, -0.05) is 13.3 Å². The molecule has 0 aromatic heterocycles. The highest BCUT2D eigenvalue weighted by Crippen LogP contribution is 2.26. The van der Waals surface area contributed by atoms with Crippen LogP contribution in [-0.4, -0.2) is 31.2 Å². The van der Waals surface area contributed by atoms with E-state index >= 15 is 0 Å². The van der Waals surface area contributed by atoms with E-state index in [1.807, 2.05) is 6.92 Å². The van der Waals surface area contributed by atoms with Crippen LogP contribution in [0.2, 0.25) is 0 Å². The third kappa shape index (κ3) is 2.95. The number of rotatable bonds is 6. The van der Waals surface area contributed by atoms with E-state index in [1.165, 1.54) is 14.2 Å². The minimum absolute atomic E-state index is 0.475. The van der Waals surface area contributed by atoms with Crippen LogP contribution in [0.25, 0.3) is 0 Å². The first-order valence-electron chi connectivity index (χ1n) is 4.72. The van der Waals surface area contributed by atoms with Gasteiger partial charge in [-0.3, -0.25) is 0 Å². The minimum Gasteiger partial charge on any atom is -0.383 e. The molecule has 82 valence electrons. The van der Waals surface area contributed by atoms with Crippen LogP contribution in [0.3, 0.4) is 0 Å². The zero-order valence-corrected chi connectivity index (χ0v) is 9.28. The molecule has 14 heavy (non-hydrogen) atoms. The van der Waals surface area contributed by atoms with Crippen molar-refractivity contribution in [3.8, 4) is 6.07 Å².